The van der Waals surface area contributed by atoms with Crippen molar-refractivity contribution in [2.24, 2.45) is 0 Å². The fraction of sp³-hybridized carbons (Fsp3) is 0.458. The van der Waals surface area contributed by atoms with Gasteiger partial charge >= 0.3 is 6.18 Å². The van der Waals surface area contributed by atoms with E-state index in [1.807, 2.05) is 23.1 Å². The highest BCUT2D eigenvalue weighted by molar-refractivity contribution is 5.79. The largest absolute Gasteiger partial charge is 0.417 e. The molecule has 2 aliphatic heterocycles. The molecular weight excluding hydrogens is 419 g/mol. The van der Waals surface area contributed by atoms with E-state index < -0.39 is 22.9 Å². The van der Waals surface area contributed by atoms with Crippen LogP contribution in [0.25, 0.3) is 0 Å². The summed E-state index contributed by atoms with van der Waals surface area (Å²) < 4.78 is 40.5. The summed E-state index contributed by atoms with van der Waals surface area (Å²) in [6, 6.07) is 6.12. The van der Waals surface area contributed by atoms with Gasteiger partial charge in [0, 0.05) is 43.1 Å². The number of anilines is 1. The first kappa shape index (κ1) is 22.4. The average Bonchev–Trinajstić information content (AvgIpc) is 3.25. The molecule has 4 rings (SSSR count). The Balaban J connectivity index is 1.71. The number of allylic oxidation sites excluding steroid dienone is 2. The Morgan fingerprint density at radius 3 is 2.66 bits per heavy atom. The number of benzene rings is 1. The summed E-state index contributed by atoms with van der Waals surface area (Å²) in [4.78, 5) is 14.7. The van der Waals surface area contributed by atoms with E-state index in [2.05, 4.69) is 11.4 Å². The van der Waals surface area contributed by atoms with Gasteiger partial charge in [0.25, 0.3) is 0 Å². The number of carbonyl (C=O) groups excluding carboxylic acids is 1. The first-order chi connectivity index (χ1) is 15.2. The molecule has 0 radical (unpaired) electrons. The topological polar surface area (TPSA) is 55.8 Å². The van der Waals surface area contributed by atoms with Gasteiger partial charge in [0.05, 0.1) is 17.2 Å². The van der Waals surface area contributed by atoms with E-state index in [9.17, 15) is 23.1 Å². The Labute approximate surface area is 185 Å². The lowest BCUT2D eigenvalue weighted by Gasteiger charge is -2.55. The second-order valence-electron chi connectivity index (χ2n) is 8.60. The van der Waals surface area contributed by atoms with Gasteiger partial charge in [0.15, 0.2) is 6.29 Å². The van der Waals surface area contributed by atoms with Gasteiger partial charge in [0.2, 0.25) is 0 Å². The molecule has 2 fully saturated rings. The van der Waals surface area contributed by atoms with E-state index in [1.165, 1.54) is 12.1 Å². The standard InChI is InChI=1S/C24H26F3N3O2/c1-2-30-13-6-5-11-23(30,22(32)9-3-4-10-22)21-16-29(14-12-28-21)19-8-7-18(17-31)20(15-19)24(25,26)27/h1,5-8,11,13,15,17,21,28,32H,3-4,9-10,12,14,16H2. The van der Waals surface area contributed by atoms with Gasteiger partial charge in [-0.05, 0) is 37.1 Å². The average molecular weight is 445 g/mol. The molecule has 1 aromatic rings. The number of aliphatic hydroxyl groups is 1. The molecule has 3 aliphatic rings. The number of carbonyl (C=O) groups is 1. The zero-order valence-corrected chi connectivity index (χ0v) is 17.6. The number of alkyl halides is 3. The lowest BCUT2D eigenvalue weighted by atomic mass is 9.70. The van der Waals surface area contributed by atoms with Crippen LogP contribution in [0, 0.1) is 12.5 Å². The summed E-state index contributed by atoms with van der Waals surface area (Å²) in [6.45, 7) is 1.34. The van der Waals surface area contributed by atoms with Crippen molar-refractivity contribution in [3.05, 3.63) is 53.8 Å². The molecular formula is C24H26F3N3O2. The predicted molar refractivity (Wildman–Crippen MR) is 116 cm³/mol. The molecule has 2 unspecified atom stereocenters. The number of aldehydes is 1. The maximum atomic E-state index is 13.5. The Kier molecular flexibility index (Phi) is 5.82. The minimum absolute atomic E-state index is 0.224. The summed E-state index contributed by atoms with van der Waals surface area (Å²) in [6.07, 6.45) is 11.7. The summed E-state index contributed by atoms with van der Waals surface area (Å²) in [5.74, 6) is 0. The zero-order chi connectivity index (χ0) is 23.0. The van der Waals surface area contributed by atoms with E-state index in [1.54, 1.807) is 11.1 Å². The molecule has 8 heteroatoms. The fourth-order valence-electron chi connectivity index (χ4n) is 5.41. The third-order valence-corrected chi connectivity index (χ3v) is 6.95. The number of terminal acetylenes is 1. The molecule has 0 amide bonds. The highest BCUT2D eigenvalue weighted by Crippen LogP contribution is 2.46. The highest BCUT2D eigenvalue weighted by atomic mass is 19.4. The van der Waals surface area contributed by atoms with Crippen molar-refractivity contribution < 1.29 is 23.1 Å². The van der Waals surface area contributed by atoms with E-state index >= 15 is 0 Å². The van der Waals surface area contributed by atoms with Crippen molar-refractivity contribution in [3.63, 3.8) is 0 Å². The van der Waals surface area contributed by atoms with Crippen molar-refractivity contribution in [1.29, 1.82) is 0 Å². The molecule has 0 spiro atoms. The van der Waals surface area contributed by atoms with Gasteiger partial charge in [-0.25, -0.2) is 0 Å². The lowest BCUT2D eigenvalue weighted by Crippen LogP contribution is -2.73. The maximum absolute atomic E-state index is 13.5. The van der Waals surface area contributed by atoms with E-state index in [0.29, 0.717) is 38.2 Å². The molecule has 170 valence electrons. The van der Waals surface area contributed by atoms with E-state index in [-0.39, 0.29) is 17.9 Å². The minimum Gasteiger partial charge on any atom is -0.387 e. The third-order valence-electron chi connectivity index (χ3n) is 6.95. The molecule has 0 bridgehead atoms. The molecule has 5 nitrogen and oxygen atoms in total. The summed E-state index contributed by atoms with van der Waals surface area (Å²) in [7, 11) is 0. The number of nitrogens with zero attached hydrogens (tertiary/aromatic N) is 2. The normalized spacial score (nSPS) is 27.4. The van der Waals surface area contributed by atoms with Crippen LogP contribution in [0.1, 0.15) is 41.6 Å². The predicted octanol–water partition coefficient (Wildman–Crippen LogP) is 3.32. The minimum atomic E-state index is -4.63. The number of piperazine rings is 1. The molecule has 2 atom stereocenters. The SMILES string of the molecule is C#CN1C=CC=CC1(C1CN(c2ccc(C=O)c(C(F)(F)F)c2)CCN1)C1(O)CCCC1. The molecule has 2 heterocycles. The number of nitrogens with one attached hydrogen (secondary N) is 1. The zero-order valence-electron chi connectivity index (χ0n) is 17.6. The quantitative estimate of drug-likeness (QED) is 0.550. The van der Waals surface area contributed by atoms with Crippen LogP contribution in [0.5, 0.6) is 0 Å². The van der Waals surface area contributed by atoms with Crippen LogP contribution in [0.3, 0.4) is 0 Å². The van der Waals surface area contributed by atoms with E-state index in [4.69, 9.17) is 6.42 Å². The summed E-state index contributed by atoms with van der Waals surface area (Å²) >= 11 is 0. The maximum Gasteiger partial charge on any atom is 0.417 e. The number of hydrogen-bond donors (Lipinski definition) is 2. The van der Waals surface area contributed by atoms with Crippen LogP contribution >= 0.6 is 0 Å². The van der Waals surface area contributed by atoms with Gasteiger partial charge in [-0.2, -0.15) is 13.2 Å². The first-order valence-corrected chi connectivity index (χ1v) is 10.7. The van der Waals surface area contributed by atoms with Crippen molar-refractivity contribution in [3.8, 4) is 12.5 Å². The number of hydrogen-bond acceptors (Lipinski definition) is 5. The number of halogens is 3. The second-order valence-corrected chi connectivity index (χ2v) is 8.60. The Hall–Kier alpha value is -2.76. The van der Waals surface area contributed by atoms with Crippen LogP contribution in [-0.2, 0) is 6.18 Å². The van der Waals surface area contributed by atoms with Crippen molar-refractivity contribution in [2.45, 2.75) is 49.0 Å². The Morgan fingerprint density at radius 2 is 2.00 bits per heavy atom. The highest BCUT2D eigenvalue weighted by Gasteiger charge is 2.58. The first-order valence-electron chi connectivity index (χ1n) is 10.7. The monoisotopic (exact) mass is 445 g/mol. The van der Waals surface area contributed by atoms with Crippen molar-refractivity contribution in [1.82, 2.24) is 10.2 Å². The van der Waals surface area contributed by atoms with E-state index in [0.717, 1.165) is 18.9 Å². The molecule has 2 N–H and O–H groups in total. The van der Waals surface area contributed by atoms with Crippen LogP contribution in [-0.4, -0.2) is 53.1 Å². The third kappa shape index (κ3) is 3.59. The van der Waals surface area contributed by atoms with Gasteiger partial charge < -0.3 is 15.3 Å². The van der Waals surface area contributed by atoms with Crippen LogP contribution < -0.4 is 10.2 Å². The van der Waals surface area contributed by atoms with Crippen molar-refractivity contribution >= 4 is 12.0 Å². The Morgan fingerprint density at radius 1 is 1.25 bits per heavy atom. The van der Waals surface area contributed by atoms with Gasteiger partial charge in [0.1, 0.15) is 5.54 Å². The van der Waals surface area contributed by atoms with Gasteiger partial charge in [-0.3, -0.25) is 9.69 Å². The lowest BCUT2D eigenvalue weighted by molar-refractivity contribution is -0.137. The van der Waals surface area contributed by atoms with Crippen LogP contribution in [0.4, 0.5) is 18.9 Å². The van der Waals surface area contributed by atoms with Gasteiger partial charge in [-0.1, -0.05) is 31.4 Å². The second kappa shape index (κ2) is 8.30. The molecule has 1 saturated carbocycles. The summed E-state index contributed by atoms with van der Waals surface area (Å²) in [5, 5.41) is 15.2. The smallest absolute Gasteiger partial charge is 0.387 e. The molecule has 1 aliphatic carbocycles. The molecule has 0 aromatic heterocycles. The van der Waals surface area contributed by atoms with Crippen LogP contribution in [0.15, 0.2) is 42.6 Å². The fourth-order valence-corrected chi connectivity index (χ4v) is 5.41. The van der Waals surface area contributed by atoms with Crippen molar-refractivity contribution in [2.75, 3.05) is 24.5 Å². The summed E-state index contributed by atoms with van der Waals surface area (Å²) in [5.41, 5.74) is -2.95. The van der Waals surface area contributed by atoms with Gasteiger partial charge in [-0.15, -0.1) is 0 Å². The van der Waals surface area contributed by atoms with Crippen LogP contribution in [0.2, 0.25) is 0 Å². The number of rotatable bonds is 4. The molecule has 32 heavy (non-hydrogen) atoms. The Bertz CT molecular complexity index is 976. The molecule has 1 aromatic carbocycles. The molecule has 1 saturated heterocycles.